The standard InChI is InChI=1S/C21H21N3O3/c1-3-27-19-7-5-4-6-18(19)24-21(25)15-8-13-20(22-14-15)23-16-9-11-17(26-2)12-10-16/h4-14H,3H2,1-2H3,(H,22,23)(H,24,25). The second-order valence-corrected chi connectivity index (χ2v) is 5.67. The van der Waals surface area contributed by atoms with Crippen molar-refractivity contribution in [3.63, 3.8) is 0 Å². The Morgan fingerprint density at radius 3 is 2.48 bits per heavy atom. The van der Waals surface area contributed by atoms with E-state index in [2.05, 4.69) is 15.6 Å². The van der Waals surface area contributed by atoms with Crippen LogP contribution in [0.2, 0.25) is 0 Å². The monoisotopic (exact) mass is 363 g/mol. The fraction of sp³-hybridized carbons (Fsp3) is 0.143. The molecule has 2 aromatic carbocycles. The maximum absolute atomic E-state index is 12.5. The molecular formula is C21H21N3O3. The average molecular weight is 363 g/mol. The Bertz CT molecular complexity index is 893. The van der Waals surface area contributed by atoms with Crippen molar-refractivity contribution in [1.29, 1.82) is 0 Å². The Labute approximate surface area is 158 Å². The van der Waals surface area contributed by atoms with Gasteiger partial charge in [-0.15, -0.1) is 0 Å². The lowest BCUT2D eigenvalue weighted by atomic mass is 10.2. The van der Waals surface area contributed by atoms with Gasteiger partial charge in [-0.1, -0.05) is 12.1 Å². The second-order valence-electron chi connectivity index (χ2n) is 5.67. The molecule has 0 unspecified atom stereocenters. The molecule has 6 nitrogen and oxygen atoms in total. The predicted octanol–water partition coefficient (Wildman–Crippen LogP) is 4.48. The van der Waals surface area contributed by atoms with Crippen LogP contribution in [0.4, 0.5) is 17.2 Å². The van der Waals surface area contributed by atoms with Crippen molar-refractivity contribution in [3.05, 3.63) is 72.4 Å². The van der Waals surface area contributed by atoms with Gasteiger partial charge in [0.25, 0.3) is 5.91 Å². The molecule has 27 heavy (non-hydrogen) atoms. The third kappa shape index (κ3) is 4.76. The molecule has 0 spiro atoms. The van der Waals surface area contributed by atoms with Gasteiger partial charge in [0.05, 0.1) is 25.0 Å². The summed E-state index contributed by atoms with van der Waals surface area (Å²) in [4.78, 5) is 16.8. The smallest absolute Gasteiger partial charge is 0.257 e. The first kappa shape index (κ1) is 18.3. The zero-order valence-corrected chi connectivity index (χ0v) is 15.2. The second kappa shape index (κ2) is 8.71. The molecule has 0 aliphatic rings. The molecule has 6 heteroatoms. The summed E-state index contributed by atoms with van der Waals surface area (Å²) in [5, 5.41) is 6.03. The van der Waals surface area contributed by atoms with Crippen LogP contribution >= 0.6 is 0 Å². The highest BCUT2D eigenvalue weighted by Crippen LogP contribution is 2.24. The van der Waals surface area contributed by atoms with Crippen molar-refractivity contribution in [2.75, 3.05) is 24.4 Å². The highest BCUT2D eigenvalue weighted by molar-refractivity contribution is 6.04. The Balaban J connectivity index is 1.66. The molecule has 0 radical (unpaired) electrons. The third-order valence-corrected chi connectivity index (χ3v) is 3.82. The molecule has 0 bridgehead atoms. The zero-order chi connectivity index (χ0) is 19.1. The minimum absolute atomic E-state index is 0.245. The summed E-state index contributed by atoms with van der Waals surface area (Å²) in [5.41, 5.74) is 1.97. The van der Waals surface area contributed by atoms with Crippen molar-refractivity contribution >= 4 is 23.1 Å². The molecule has 3 aromatic rings. The van der Waals surface area contributed by atoms with Gasteiger partial charge in [-0.2, -0.15) is 0 Å². The summed E-state index contributed by atoms with van der Waals surface area (Å²) >= 11 is 0. The summed E-state index contributed by atoms with van der Waals surface area (Å²) in [7, 11) is 1.63. The molecule has 2 N–H and O–H groups in total. The number of carbonyl (C=O) groups is 1. The van der Waals surface area contributed by atoms with Gasteiger partial charge in [0.1, 0.15) is 17.3 Å². The van der Waals surface area contributed by atoms with Crippen LogP contribution in [0.25, 0.3) is 0 Å². The van der Waals surface area contributed by atoms with Crippen molar-refractivity contribution in [2.45, 2.75) is 6.92 Å². The first-order valence-electron chi connectivity index (χ1n) is 8.60. The summed E-state index contributed by atoms with van der Waals surface area (Å²) in [5.74, 6) is 1.82. The first-order valence-corrected chi connectivity index (χ1v) is 8.60. The fourth-order valence-corrected chi connectivity index (χ4v) is 2.47. The molecule has 0 fully saturated rings. The van der Waals surface area contributed by atoms with E-state index in [1.807, 2.05) is 49.4 Å². The number of nitrogens with zero attached hydrogens (tertiary/aromatic N) is 1. The van der Waals surface area contributed by atoms with E-state index in [9.17, 15) is 4.79 Å². The van der Waals surface area contributed by atoms with E-state index in [1.54, 1.807) is 25.3 Å². The Hall–Kier alpha value is -3.54. The Morgan fingerprint density at radius 1 is 1.04 bits per heavy atom. The molecule has 1 aromatic heterocycles. The molecule has 138 valence electrons. The van der Waals surface area contributed by atoms with Crippen molar-refractivity contribution in [3.8, 4) is 11.5 Å². The quantitative estimate of drug-likeness (QED) is 0.647. The molecule has 0 aliphatic carbocycles. The number of aromatic nitrogens is 1. The van der Waals surface area contributed by atoms with Crippen LogP contribution in [0.15, 0.2) is 66.9 Å². The van der Waals surface area contributed by atoms with E-state index in [4.69, 9.17) is 9.47 Å². The molecular weight excluding hydrogens is 342 g/mol. The largest absolute Gasteiger partial charge is 0.497 e. The number of pyridine rings is 1. The number of benzene rings is 2. The van der Waals surface area contributed by atoms with Gasteiger partial charge in [0.2, 0.25) is 0 Å². The molecule has 0 saturated heterocycles. The number of hydrogen-bond donors (Lipinski definition) is 2. The summed E-state index contributed by atoms with van der Waals surface area (Å²) in [6, 6.07) is 18.3. The van der Waals surface area contributed by atoms with E-state index in [0.717, 1.165) is 11.4 Å². The molecule has 0 saturated carbocycles. The van der Waals surface area contributed by atoms with Crippen molar-refractivity contribution in [2.24, 2.45) is 0 Å². The van der Waals surface area contributed by atoms with Crippen LogP contribution in [0.5, 0.6) is 11.5 Å². The molecule has 3 rings (SSSR count). The molecule has 0 atom stereocenters. The summed E-state index contributed by atoms with van der Waals surface area (Å²) in [6.45, 7) is 2.43. The minimum Gasteiger partial charge on any atom is -0.497 e. The van der Waals surface area contributed by atoms with E-state index in [0.29, 0.717) is 29.4 Å². The topological polar surface area (TPSA) is 72.5 Å². The van der Waals surface area contributed by atoms with Crippen molar-refractivity contribution < 1.29 is 14.3 Å². The highest BCUT2D eigenvalue weighted by atomic mass is 16.5. The first-order chi connectivity index (χ1) is 13.2. The van der Waals surface area contributed by atoms with Gasteiger partial charge in [-0.25, -0.2) is 4.98 Å². The maximum atomic E-state index is 12.5. The number of amides is 1. The third-order valence-electron chi connectivity index (χ3n) is 3.82. The molecule has 1 heterocycles. The van der Waals surface area contributed by atoms with Crippen LogP contribution in [0.3, 0.4) is 0 Å². The fourth-order valence-electron chi connectivity index (χ4n) is 2.47. The van der Waals surface area contributed by atoms with Gasteiger partial charge in [-0.3, -0.25) is 4.79 Å². The number of methoxy groups -OCH3 is 1. The molecule has 1 amide bonds. The molecule has 0 aliphatic heterocycles. The summed E-state index contributed by atoms with van der Waals surface area (Å²) < 4.78 is 10.7. The Kier molecular flexibility index (Phi) is 5.89. The van der Waals surface area contributed by atoms with Gasteiger partial charge in [0, 0.05) is 11.9 Å². The lowest BCUT2D eigenvalue weighted by Crippen LogP contribution is -2.13. The lowest BCUT2D eigenvalue weighted by Gasteiger charge is -2.11. The van der Waals surface area contributed by atoms with Crippen LogP contribution in [-0.4, -0.2) is 24.6 Å². The summed E-state index contributed by atoms with van der Waals surface area (Å²) in [6.07, 6.45) is 1.53. The number of nitrogens with one attached hydrogen (secondary N) is 2. The number of anilines is 3. The Morgan fingerprint density at radius 2 is 1.81 bits per heavy atom. The van der Waals surface area contributed by atoms with E-state index < -0.39 is 0 Å². The van der Waals surface area contributed by atoms with Crippen molar-refractivity contribution in [1.82, 2.24) is 4.98 Å². The number of rotatable bonds is 7. The average Bonchev–Trinajstić information content (AvgIpc) is 2.71. The van der Waals surface area contributed by atoms with E-state index >= 15 is 0 Å². The number of para-hydroxylation sites is 2. The lowest BCUT2D eigenvalue weighted by molar-refractivity contribution is 0.102. The van der Waals surface area contributed by atoms with Gasteiger partial charge in [0.15, 0.2) is 0 Å². The predicted molar refractivity (Wildman–Crippen MR) is 106 cm³/mol. The zero-order valence-electron chi connectivity index (χ0n) is 15.2. The SMILES string of the molecule is CCOc1ccccc1NC(=O)c1ccc(Nc2ccc(OC)cc2)nc1. The van der Waals surface area contributed by atoms with E-state index in [-0.39, 0.29) is 5.91 Å². The van der Waals surface area contributed by atoms with E-state index in [1.165, 1.54) is 6.20 Å². The normalized spacial score (nSPS) is 10.1. The minimum atomic E-state index is -0.245. The highest BCUT2D eigenvalue weighted by Gasteiger charge is 2.10. The van der Waals surface area contributed by atoms with Gasteiger partial charge >= 0.3 is 0 Å². The number of carbonyl (C=O) groups excluding carboxylic acids is 1. The van der Waals surface area contributed by atoms with Gasteiger partial charge < -0.3 is 20.1 Å². The van der Waals surface area contributed by atoms with Gasteiger partial charge in [-0.05, 0) is 55.5 Å². The van der Waals surface area contributed by atoms with Crippen LogP contribution < -0.4 is 20.1 Å². The van der Waals surface area contributed by atoms with Crippen LogP contribution in [0.1, 0.15) is 17.3 Å². The van der Waals surface area contributed by atoms with Crippen LogP contribution in [0, 0.1) is 0 Å². The number of ether oxygens (including phenoxy) is 2. The van der Waals surface area contributed by atoms with Crippen LogP contribution in [-0.2, 0) is 0 Å². The number of hydrogen-bond acceptors (Lipinski definition) is 5. The maximum Gasteiger partial charge on any atom is 0.257 e.